The van der Waals surface area contributed by atoms with Crippen molar-refractivity contribution >= 4 is 35.0 Å². The van der Waals surface area contributed by atoms with Crippen molar-refractivity contribution in [1.82, 2.24) is 10.2 Å². The van der Waals surface area contributed by atoms with Crippen LogP contribution in [0.1, 0.15) is 38.2 Å². The molecule has 0 saturated heterocycles. The Morgan fingerprint density at radius 2 is 1.78 bits per heavy atom. The summed E-state index contributed by atoms with van der Waals surface area (Å²) in [7, 11) is 1.54. The van der Waals surface area contributed by atoms with Gasteiger partial charge in [0.2, 0.25) is 5.91 Å². The van der Waals surface area contributed by atoms with Crippen LogP contribution >= 0.6 is 23.2 Å². The third-order valence-corrected chi connectivity index (χ3v) is 6.37. The second-order valence-electron chi connectivity index (χ2n) is 7.88. The van der Waals surface area contributed by atoms with Gasteiger partial charge in [-0.15, -0.1) is 0 Å². The zero-order chi connectivity index (χ0) is 23.1. The molecule has 0 bridgehead atoms. The minimum atomic E-state index is -0.682. The van der Waals surface area contributed by atoms with E-state index in [0.717, 1.165) is 31.2 Å². The highest BCUT2D eigenvalue weighted by Crippen LogP contribution is 2.27. The van der Waals surface area contributed by atoms with Crippen LogP contribution in [-0.4, -0.2) is 42.5 Å². The van der Waals surface area contributed by atoms with Gasteiger partial charge in [-0.3, -0.25) is 9.59 Å². The molecule has 0 aliphatic heterocycles. The Balaban J connectivity index is 1.75. The van der Waals surface area contributed by atoms with Crippen LogP contribution in [0, 0.1) is 0 Å². The summed E-state index contributed by atoms with van der Waals surface area (Å²) in [6.45, 7) is 1.69. The SMILES string of the molecule is COc1ccccc1OCC(=O)N(Cc1ccc(Cl)c(Cl)c1)C(C)C(=O)NC1CCCC1. The molecule has 1 aliphatic rings. The number of methoxy groups -OCH3 is 1. The highest BCUT2D eigenvalue weighted by Gasteiger charge is 2.29. The maximum atomic E-state index is 13.2. The van der Waals surface area contributed by atoms with Crippen LogP contribution < -0.4 is 14.8 Å². The van der Waals surface area contributed by atoms with Crippen molar-refractivity contribution in [1.29, 1.82) is 0 Å². The summed E-state index contributed by atoms with van der Waals surface area (Å²) >= 11 is 12.2. The average Bonchev–Trinajstić information content (AvgIpc) is 3.30. The minimum absolute atomic E-state index is 0.164. The lowest BCUT2D eigenvalue weighted by Crippen LogP contribution is -2.50. The van der Waals surface area contributed by atoms with E-state index < -0.39 is 6.04 Å². The Morgan fingerprint density at radius 1 is 1.09 bits per heavy atom. The van der Waals surface area contributed by atoms with E-state index in [1.165, 1.54) is 12.0 Å². The van der Waals surface area contributed by atoms with Gasteiger partial charge in [-0.2, -0.15) is 0 Å². The Hall–Kier alpha value is -2.44. The third kappa shape index (κ3) is 6.30. The molecular formula is C24H28Cl2N2O4. The van der Waals surface area contributed by atoms with E-state index in [2.05, 4.69) is 5.32 Å². The molecule has 32 heavy (non-hydrogen) atoms. The lowest BCUT2D eigenvalue weighted by atomic mass is 10.1. The van der Waals surface area contributed by atoms with E-state index in [9.17, 15) is 9.59 Å². The first kappa shape index (κ1) is 24.2. The molecule has 0 aromatic heterocycles. The molecule has 3 rings (SSSR count). The standard InChI is InChI=1S/C24H28Cl2N2O4/c1-16(24(30)27-18-7-3-4-8-18)28(14-17-11-12-19(25)20(26)13-17)23(29)15-32-22-10-6-5-9-21(22)31-2/h5-6,9-13,16,18H,3-4,7-8,14-15H2,1-2H3,(H,27,30). The number of ether oxygens (including phenoxy) is 2. The molecule has 0 spiro atoms. The van der Waals surface area contributed by atoms with E-state index in [4.69, 9.17) is 32.7 Å². The van der Waals surface area contributed by atoms with Gasteiger partial charge in [0.15, 0.2) is 18.1 Å². The van der Waals surface area contributed by atoms with Gasteiger partial charge in [-0.25, -0.2) is 0 Å². The normalized spacial score (nSPS) is 14.6. The zero-order valence-electron chi connectivity index (χ0n) is 18.3. The van der Waals surface area contributed by atoms with Crippen LogP contribution in [0.25, 0.3) is 0 Å². The third-order valence-electron chi connectivity index (χ3n) is 5.63. The molecule has 1 aliphatic carbocycles. The molecular weight excluding hydrogens is 451 g/mol. The van der Waals surface area contributed by atoms with Crippen molar-refractivity contribution < 1.29 is 19.1 Å². The number of hydrogen-bond acceptors (Lipinski definition) is 4. The molecule has 1 fully saturated rings. The van der Waals surface area contributed by atoms with Crippen molar-refractivity contribution in [3.05, 3.63) is 58.1 Å². The molecule has 1 N–H and O–H groups in total. The maximum absolute atomic E-state index is 13.2. The quantitative estimate of drug-likeness (QED) is 0.558. The van der Waals surface area contributed by atoms with E-state index in [-0.39, 0.29) is 31.0 Å². The molecule has 0 radical (unpaired) electrons. The predicted molar refractivity (Wildman–Crippen MR) is 125 cm³/mol. The summed E-state index contributed by atoms with van der Waals surface area (Å²) in [5, 5.41) is 3.90. The Kier molecular flexibility index (Phi) is 8.65. The van der Waals surface area contributed by atoms with E-state index in [0.29, 0.717) is 21.5 Å². The highest BCUT2D eigenvalue weighted by molar-refractivity contribution is 6.42. The first-order chi connectivity index (χ1) is 15.4. The molecule has 172 valence electrons. The number of halogens is 2. The van der Waals surface area contributed by atoms with Gasteiger partial charge in [0.1, 0.15) is 6.04 Å². The fourth-order valence-electron chi connectivity index (χ4n) is 3.77. The number of para-hydroxylation sites is 2. The van der Waals surface area contributed by atoms with E-state index in [1.807, 2.05) is 6.07 Å². The van der Waals surface area contributed by atoms with Gasteiger partial charge in [0, 0.05) is 12.6 Å². The zero-order valence-corrected chi connectivity index (χ0v) is 19.8. The average molecular weight is 479 g/mol. The van der Waals surface area contributed by atoms with Gasteiger partial charge in [0.25, 0.3) is 5.91 Å². The largest absolute Gasteiger partial charge is 0.493 e. The van der Waals surface area contributed by atoms with Crippen LogP contribution in [0.15, 0.2) is 42.5 Å². The van der Waals surface area contributed by atoms with Crippen LogP contribution in [0.2, 0.25) is 10.0 Å². The summed E-state index contributed by atoms with van der Waals surface area (Å²) in [4.78, 5) is 27.6. The topological polar surface area (TPSA) is 67.9 Å². The molecule has 2 aromatic carbocycles. The van der Waals surface area contributed by atoms with E-state index >= 15 is 0 Å². The first-order valence-corrected chi connectivity index (χ1v) is 11.4. The minimum Gasteiger partial charge on any atom is -0.493 e. The number of nitrogens with one attached hydrogen (secondary N) is 1. The molecule has 1 atom stereocenters. The van der Waals surface area contributed by atoms with Gasteiger partial charge < -0.3 is 19.7 Å². The first-order valence-electron chi connectivity index (χ1n) is 10.7. The Morgan fingerprint density at radius 3 is 2.44 bits per heavy atom. The Bertz CT molecular complexity index is 947. The van der Waals surface area contributed by atoms with Crippen LogP contribution in [-0.2, 0) is 16.1 Å². The van der Waals surface area contributed by atoms with Crippen LogP contribution in [0.3, 0.4) is 0 Å². The molecule has 8 heteroatoms. The number of carbonyl (C=O) groups excluding carboxylic acids is 2. The molecule has 2 amide bonds. The fraction of sp³-hybridized carbons (Fsp3) is 0.417. The summed E-state index contributed by atoms with van der Waals surface area (Å²) in [6, 6.07) is 11.7. The highest BCUT2D eigenvalue weighted by atomic mass is 35.5. The monoisotopic (exact) mass is 478 g/mol. The van der Waals surface area contributed by atoms with Gasteiger partial charge >= 0.3 is 0 Å². The number of nitrogens with zero attached hydrogens (tertiary/aromatic N) is 1. The number of carbonyl (C=O) groups is 2. The summed E-state index contributed by atoms with van der Waals surface area (Å²) < 4.78 is 11.0. The molecule has 2 aromatic rings. The summed E-state index contributed by atoms with van der Waals surface area (Å²) in [6.07, 6.45) is 4.15. The van der Waals surface area contributed by atoms with E-state index in [1.54, 1.807) is 43.3 Å². The summed E-state index contributed by atoms with van der Waals surface area (Å²) in [5.41, 5.74) is 0.769. The number of benzene rings is 2. The van der Waals surface area contributed by atoms with Crippen molar-refractivity contribution in [2.24, 2.45) is 0 Å². The smallest absolute Gasteiger partial charge is 0.261 e. The number of amides is 2. The fourth-order valence-corrected chi connectivity index (χ4v) is 4.09. The number of rotatable bonds is 9. The Labute approximate surface area is 198 Å². The molecule has 6 nitrogen and oxygen atoms in total. The predicted octanol–water partition coefficient (Wildman–Crippen LogP) is 4.86. The lowest BCUT2D eigenvalue weighted by Gasteiger charge is -2.30. The summed E-state index contributed by atoms with van der Waals surface area (Å²) in [5.74, 6) is 0.489. The van der Waals surface area contributed by atoms with Crippen LogP contribution in [0.4, 0.5) is 0 Å². The van der Waals surface area contributed by atoms with Gasteiger partial charge in [-0.05, 0) is 49.6 Å². The van der Waals surface area contributed by atoms with Gasteiger partial charge in [-0.1, -0.05) is 54.2 Å². The lowest BCUT2D eigenvalue weighted by molar-refractivity contribution is -0.142. The molecule has 1 saturated carbocycles. The van der Waals surface area contributed by atoms with Crippen molar-refractivity contribution in [2.75, 3.05) is 13.7 Å². The van der Waals surface area contributed by atoms with Crippen molar-refractivity contribution in [3.8, 4) is 11.5 Å². The number of hydrogen-bond donors (Lipinski definition) is 1. The van der Waals surface area contributed by atoms with Crippen LogP contribution in [0.5, 0.6) is 11.5 Å². The second-order valence-corrected chi connectivity index (χ2v) is 8.69. The van der Waals surface area contributed by atoms with Gasteiger partial charge in [0.05, 0.1) is 17.2 Å². The molecule has 1 unspecified atom stereocenters. The maximum Gasteiger partial charge on any atom is 0.261 e. The van der Waals surface area contributed by atoms with Crippen molar-refractivity contribution in [2.45, 2.75) is 51.2 Å². The second kappa shape index (κ2) is 11.4. The van der Waals surface area contributed by atoms with Crippen molar-refractivity contribution in [3.63, 3.8) is 0 Å². The molecule has 0 heterocycles.